The fourth-order valence-electron chi connectivity index (χ4n) is 1.31. The zero-order valence-electron chi connectivity index (χ0n) is 8.96. The number of benzene rings is 2. The predicted molar refractivity (Wildman–Crippen MR) is 67.9 cm³/mol. The first kappa shape index (κ1) is 11.5. The quantitative estimate of drug-likeness (QED) is 0.817. The van der Waals surface area contributed by atoms with E-state index >= 15 is 0 Å². The molecule has 1 amide bonds. The lowest BCUT2D eigenvalue weighted by Crippen LogP contribution is -2.15. The summed E-state index contributed by atoms with van der Waals surface area (Å²) in [6, 6.07) is 16.0. The maximum Gasteiger partial charge on any atom is 0.265 e. The first-order chi connectivity index (χ1) is 8.27. The highest BCUT2D eigenvalue weighted by Crippen LogP contribution is 2.18. The number of nitrogens with one attached hydrogen (secondary N) is 1. The van der Waals surface area contributed by atoms with Crippen molar-refractivity contribution in [3.8, 4) is 5.75 Å². The molecular weight excluding hydrogens is 234 g/mol. The van der Waals surface area contributed by atoms with Crippen LogP contribution in [-0.4, -0.2) is 11.0 Å². The molecule has 2 rings (SSSR count). The number of aromatic hydroxyl groups is 1. The minimum atomic E-state index is -0.308. The molecular formula is C13H11NO2S. The summed E-state index contributed by atoms with van der Waals surface area (Å²) in [5.74, 6) is -0.324. The Morgan fingerprint density at radius 1 is 1.00 bits per heavy atom. The standard InChI is InChI=1S/C13H11NO2S/c15-12-9-5-4-8-11(12)13(16)14-17-10-6-2-1-3-7-10/h1-9,15H,(H,14,16). The molecule has 4 heteroatoms. The van der Waals surface area contributed by atoms with Crippen molar-refractivity contribution in [2.75, 3.05) is 0 Å². The van der Waals surface area contributed by atoms with Gasteiger partial charge in [-0.3, -0.25) is 9.52 Å². The van der Waals surface area contributed by atoms with Crippen molar-refractivity contribution >= 4 is 17.9 Å². The van der Waals surface area contributed by atoms with Gasteiger partial charge in [0.25, 0.3) is 5.91 Å². The highest BCUT2D eigenvalue weighted by atomic mass is 32.2. The summed E-state index contributed by atoms with van der Waals surface area (Å²) in [5, 5.41) is 9.51. The van der Waals surface area contributed by atoms with E-state index in [0.717, 1.165) is 4.90 Å². The molecule has 3 nitrogen and oxygen atoms in total. The summed E-state index contributed by atoms with van der Waals surface area (Å²) in [6.45, 7) is 0. The molecule has 0 heterocycles. The van der Waals surface area contributed by atoms with Crippen molar-refractivity contribution in [3.63, 3.8) is 0 Å². The van der Waals surface area contributed by atoms with Crippen LogP contribution < -0.4 is 4.72 Å². The minimum absolute atomic E-state index is 0.0151. The van der Waals surface area contributed by atoms with Crippen LogP contribution in [0, 0.1) is 0 Å². The van der Waals surface area contributed by atoms with Gasteiger partial charge in [0.05, 0.1) is 5.56 Å². The third-order valence-corrected chi connectivity index (χ3v) is 2.95. The van der Waals surface area contributed by atoms with Crippen LogP contribution in [-0.2, 0) is 0 Å². The smallest absolute Gasteiger partial charge is 0.265 e. The Morgan fingerprint density at radius 2 is 1.65 bits per heavy atom. The normalized spacial score (nSPS) is 9.88. The number of carbonyl (C=O) groups excluding carboxylic acids is 1. The van der Waals surface area contributed by atoms with Crippen molar-refractivity contribution in [1.82, 2.24) is 4.72 Å². The highest BCUT2D eigenvalue weighted by molar-refractivity contribution is 7.98. The maximum atomic E-state index is 11.7. The fraction of sp³-hybridized carbons (Fsp3) is 0. The van der Waals surface area contributed by atoms with Crippen LogP contribution in [0.4, 0.5) is 0 Å². The van der Waals surface area contributed by atoms with E-state index in [1.807, 2.05) is 30.3 Å². The van der Waals surface area contributed by atoms with Crippen LogP contribution in [0.15, 0.2) is 59.5 Å². The third-order valence-electron chi connectivity index (χ3n) is 2.15. The van der Waals surface area contributed by atoms with Gasteiger partial charge < -0.3 is 5.11 Å². The largest absolute Gasteiger partial charge is 0.507 e. The second-order valence-corrected chi connectivity index (χ2v) is 4.24. The Bertz CT molecular complexity index is 514. The van der Waals surface area contributed by atoms with Gasteiger partial charge in [-0.25, -0.2) is 0 Å². The van der Waals surface area contributed by atoms with Crippen molar-refractivity contribution < 1.29 is 9.90 Å². The molecule has 0 spiro atoms. The average molecular weight is 245 g/mol. The molecule has 0 saturated carbocycles. The number of rotatable bonds is 3. The van der Waals surface area contributed by atoms with E-state index in [0.29, 0.717) is 0 Å². The number of carbonyl (C=O) groups is 1. The highest BCUT2D eigenvalue weighted by Gasteiger charge is 2.09. The number of amides is 1. The molecule has 0 radical (unpaired) electrons. The van der Waals surface area contributed by atoms with Gasteiger partial charge in [0.15, 0.2) is 0 Å². The average Bonchev–Trinajstić information content (AvgIpc) is 2.38. The lowest BCUT2D eigenvalue weighted by Gasteiger charge is -2.05. The van der Waals surface area contributed by atoms with Crippen LogP contribution in [0.3, 0.4) is 0 Å². The monoisotopic (exact) mass is 245 g/mol. The first-order valence-corrected chi connectivity index (χ1v) is 5.89. The van der Waals surface area contributed by atoms with E-state index in [9.17, 15) is 9.90 Å². The van der Waals surface area contributed by atoms with Crippen molar-refractivity contribution in [3.05, 3.63) is 60.2 Å². The molecule has 0 aliphatic carbocycles. The van der Waals surface area contributed by atoms with Gasteiger partial charge in [0.2, 0.25) is 0 Å². The van der Waals surface area contributed by atoms with Crippen molar-refractivity contribution in [2.45, 2.75) is 4.90 Å². The molecule has 2 aromatic rings. The Hall–Kier alpha value is -1.94. The first-order valence-electron chi connectivity index (χ1n) is 5.07. The molecule has 0 fully saturated rings. The Labute approximate surface area is 104 Å². The van der Waals surface area contributed by atoms with Gasteiger partial charge >= 0.3 is 0 Å². The van der Waals surface area contributed by atoms with Crippen LogP contribution in [0.5, 0.6) is 5.75 Å². The topological polar surface area (TPSA) is 49.3 Å². The molecule has 0 unspecified atom stereocenters. The maximum absolute atomic E-state index is 11.7. The summed E-state index contributed by atoms with van der Waals surface area (Å²) in [6.07, 6.45) is 0. The predicted octanol–water partition coefficient (Wildman–Crippen LogP) is 2.83. The van der Waals surface area contributed by atoms with Crippen LogP contribution in [0.25, 0.3) is 0 Å². The fourth-order valence-corrected chi connectivity index (χ4v) is 1.93. The van der Waals surface area contributed by atoms with Gasteiger partial charge in [-0.15, -0.1) is 0 Å². The molecule has 0 aliphatic rings. The van der Waals surface area contributed by atoms with Gasteiger partial charge in [-0.1, -0.05) is 30.3 Å². The number of phenols is 1. The number of para-hydroxylation sites is 1. The van der Waals surface area contributed by atoms with E-state index in [-0.39, 0.29) is 17.2 Å². The van der Waals surface area contributed by atoms with Crippen LogP contribution in [0.1, 0.15) is 10.4 Å². The van der Waals surface area contributed by atoms with E-state index in [4.69, 9.17) is 0 Å². The molecule has 17 heavy (non-hydrogen) atoms. The second kappa shape index (κ2) is 5.41. The SMILES string of the molecule is O=C(NSc1ccccc1)c1ccccc1O. The molecule has 86 valence electrons. The van der Waals surface area contributed by atoms with Gasteiger partial charge in [-0.05, 0) is 36.2 Å². The minimum Gasteiger partial charge on any atom is -0.507 e. The van der Waals surface area contributed by atoms with E-state index in [1.165, 1.54) is 18.0 Å². The molecule has 0 atom stereocenters. The molecule has 2 N–H and O–H groups in total. The van der Waals surface area contributed by atoms with Crippen LogP contribution >= 0.6 is 11.9 Å². The Morgan fingerprint density at radius 3 is 2.35 bits per heavy atom. The molecule has 0 saturated heterocycles. The van der Waals surface area contributed by atoms with E-state index in [2.05, 4.69) is 4.72 Å². The molecule has 0 aromatic heterocycles. The second-order valence-electron chi connectivity index (χ2n) is 3.36. The Kier molecular flexibility index (Phi) is 3.67. The summed E-state index contributed by atoms with van der Waals surface area (Å²) < 4.78 is 2.67. The molecule has 0 bridgehead atoms. The van der Waals surface area contributed by atoms with Crippen LogP contribution in [0.2, 0.25) is 0 Å². The Balaban J connectivity index is 2.01. The molecule has 2 aromatic carbocycles. The molecule has 0 aliphatic heterocycles. The summed E-state index contributed by atoms with van der Waals surface area (Å²) in [7, 11) is 0. The lowest BCUT2D eigenvalue weighted by atomic mass is 10.2. The van der Waals surface area contributed by atoms with Gasteiger partial charge in [0, 0.05) is 4.90 Å². The van der Waals surface area contributed by atoms with Gasteiger partial charge in [-0.2, -0.15) is 0 Å². The van der Waals surface area contributed by atoms with Gasteiger partial charge in [0.1, 0.15) is 5.75 Å². The summed E-state index contributed by atoms with van der Waals surface area (Å²) in [4.78, 5) is 12.7. The van der Waals surface area contributed by atoms with Crippen molar-refractivity contribution in [2.24, 2.45) is 0 Å². The number of hydrogen-bond acceptors (Lipinski definition) is 3. The zero-order chi connectivity index (χ0) is 12.1. The lowest BCUT2D eigenvalue weighted by molar-refractivity contribution is 0.0982. The van der Waals surface area contributed by atoms with E-state index < -0.39 is 0 Å². The number of phenolic OH excluding ortho intramolecular Hbond substituents is 1. The summed E-state index contributed by atoms with van der Waals surface area (Å²) >= 11 is 1.22. The van der Waals surface area contributed by atoms with E-state index in [1.54, 1.807) is 18.2 Å². The zero-order valence-corrected chi connectivity index (χ0v) is 9.78. The third kappa shape index (κ3) is 3.01. The number of hydrogen-bond donors (Lipinski definition) is 2. The van der Waals surface area contributed by atoms with Crippen molar-refractivity contribution in [1.29, 1.82) is 0 Å². The summed E-state index contributed by atoms with van der Waals surface area (Å²) in [5.41, 5.74) is 0.274.